The zero-order valence-electron chi connectivity index (χ0n) is 16.2. The van der Waals surface area contributed by atoms with Crippen LogP contribution in [-0.2, 0) is 6.54 Å². The Morgan fingerprint density at radius 2 is 2.07 bits per heavy atom. The number of primary amides is 1. The fourth-order valence-electron chi connectivity index (χ4n) is 4.21. The van der Waals surface area contributed by atoms with Gasteiger partial charge in [-0.05, 0) is 43.0 Å². The van der Waals surface area contributed by atoms with Crippen molar-refractivity contribution in [1.29, 1.82) is 0 Å². The van der Waals surface area contributed by atoms with Gasteiger partial charge in [-0.25, -0.2) is 4.98 Å². The minimum Gasteiger partial charge on any atom is -0.366 e. The number of likely N-dealkylation sites (tertiary alicyclic amines) is 1. The molecule has 146 valence electrons. The molecule has 2 heterocycles. The second kappa shape index (κ2) is 7.57. The maximum Gasteiger partial charge on any atom is 0.251 e. The van der Waals surface area contributed by atoms with Gasteiger partial charge in [0.2, 0.25) is 0 Å². The van der Waals surface area contributed by atoms with E-state index in [0.29, 0.717) is 39.4 Å². The van der Waals surface area contributed by atoms with Crippen molar-refractivity contribution in [2.24, 2.45) is 11.7 Å². The van der Waals surface area contributed by atoms with Crippen LogP contribution in [0.3, 0.4) is 0 Å². The number of amides is 1. The molecule has 0 spiro atoms. The highest BCUT2D eigenvalue weighted by Gasteiger charge is 2.26. The minimum absolute atomic E-state index is 0.329. The van der Waals surface area contributed by atoms with Gasteiger partial charge in [-0.15, -0.1) is 0 Å². The summed E-state index contributed by atoms with van der Waals surface area (Å²) in [5, 5.41) is 0.456. The predicted molar refractivity (Wildman–Crippen MR) is 113 cm³/mol. The number of halogens is 1. The summed E-state index contributed by atoms with van der Waals surface area (Å²) in [5.74, 6) is 0.849. The maximum absolute atomic E-state index is 11.7. The number of aromatic nitrogens is 2. The summed E-state index contributed by atoms with van der Waals surface area (Å²) in [5.41, 5.74) is 9.32. The number of aromatic amines is 1. The lowest BCUT2D eigenvalue weighted by atomic mass is 10.0. The first-order valence-electron chi connectivity index (χ1n) is 9.75. The number of carbonyl (C=O) groups excluding carboxylic acids is 1. The first-order chi connectivity index (χ1) is 13.4. The van der Waals surface area contributed by atoms with Crippen LogP contribution >= 0.6 is 11.6 Å². The molecule has 4 rings (SSSR count). The zero-order chi connectivity index (χ0) is 19.8. The van der Waals surface area contributed by atoms with E-state index in [1.807, 2.05) is 0 Å². The van der Waals surface area contributed by atoms with Crippen molar-refractivity contribution < 1.29 is 4.79 Å². The van der Waals surface area contributed by atoms with E-state index in [9.17, 15) is 4.79 Å². The van der Waals surface area contributed by atoms with Gasteiger partial charge >= 0.3 is 0 Å². The van der Waals surface area contributed by atoms with Crippen LogP contribution in [-0.4, -0.2) is 33.4 Å². The minimum atomic E-state index is -0.536. The summed E-state index contributed by atoms with van der Waals surface area (Å²) in [6.45, 7) is 6.76. The summed E-state index contributed by atoms with van der Waals surface area (Å²) >= 11 is 6.10. The summed E-state index contributed by atoms with van der Waals surface area (Å²) in [6.07, 6.45) is 2.57. The Morgan fingerprint density at radius 1 is 1.32 bits per heavy atom. The molecule has 0 saturated carbocycles. The van der Waals surface area contributed by atoms with E-state index in [1.54, 1.807) is 12.1 Å². The quantitative estimate of drug-likeness (QED) is 0.661. The topological polar surface area (TPSA) is 75.0 Å². The average Bonchev–Trinajstić information content (AvgIpc) is 3.28. The standard InChI is InChI=1S/C22H25ClN4O/c1-13(2)19-4-3-9-27(19)12-14-5-7-15(8-6-14)22-25-18-11-16(23)10-17(21(24)28)20(18)26-22/h5-8,10-11,13,19H,3-4,9,12H2,1-2H3,(H2,24,28)(H,25,26). The Balaban J connectivity index is 1.59. The van der Waals surface area contributed by atoms with E-state index in [-0.39, 0.29) is 0 Å². The molecule has 1 atom stereocenters. The number of nitrogens with zero attached hydrogens (tertiary/aromatic N) is 2. The fraction of sp³-hybridized carbons (Fsp3) is 0.364. The van der Waals surface area contributed by atoms with E-state index in [0.717, 1.165) is 12.1 Å². The Morgan fingerprint density at radius 3 is 2.75 bits per heavy atom. The smallest absolute Gasteiger partial charge is 0.251 e. The number of imidazole rings is 1. The molecule has 28 heavy (non-hydrogen) atoms. The Bertz CT molecular complexity index is 1010. The van der Waals surface area contributed by atoms with Crippen LogP contribution in [0, 0.1) is 5.92 Å². The van der Waals surface area contributed by atoms with E-state index in [1.165, 1.54) is 24.9 Å². The fourth-order valence-corrected chi connectivity index (χ4v) is 4.43. The first-order valence-corrected chi connectivity index (χ1v) is 10.1. The molecule has 0 radical (unpaired) electrons. The van der Waals surface area contributed by atoms with Crippen LogP contribution in [0.4, 0.5) is 0 Å². The lowest BCUT2D eigenvalue weighted by molar-refractivity contribution is 0.100. The number of hydrogen-bond acceptors (Lipinski definition) is 3. The van der Waals surface area contributed by atoms with E-state index in [4.69, 9.17) is 17.3 Å². The van der Waals surface area contributed by atoms with Crippen molar-refractivity contribution in [2.75, 3.05) is 6.54 Å². The summed E-state index contributed by atoms with van der Waals surface area (Å²) in [6, 6.07) is 12.4. The molecular formula is C22H25ClN4O. The normalized spacial score (nSPS) is 17.6. The molecule has 1 unspecified atom stereocenters. The molecule has 0 aliphatic carbocycles. The van der Waals surface area contributed by atoms with Crippen molar-refractivity contribution in [3.8, 4) is 11.4 Å². The average molecular weight is 397 g/mol. The lowest BCUT2D eigenvalue weighted by Gasteiger charge is -2.27. The molecule has 6 heteroatoms. The van der Waals surface area contributed by atoms with Crippen molar-refractivity contribution >= 4 is 28.5 Å². The monoisotopic (exact) mass is 396 g/mol. The summed E-state index contributed by atoms with van der Waals surface area (Å²) < 4.78 is 0. The van der Waals surface area contributed by atoms with Gasteiger partial charge in [-0.3, -0.25) is 9.69 Å². The number of rotatable bonds is 5. The third kappa shape index (κ3) is 3.64. The van der Waals surface area contributed by atoms with Gasteiger partial charge in [0.05, 0.1) is 11.1 Å². The molecule has 3 aromatic rings. The Labute approximate surface area is 169 Å². The van der Waals surface area contributed by atoms with Crippen LogP contribution in [0.25, 0.3) is 22.4 Å². The van der Waals surface area contributed by atoms with Crippen molar-refractivity contribution in [3.63, 3.8) is 0 Å². The van der Waals surface area contributed by atoms with Gasteiger partial charge in [0.1, 0.15) is 11.3 Å². The van der Waals surface area contributed by atoms with Gasteiger partial charge in [-0.2, -0.15) is 0 Å². The zero-order valence-corrected chi connectivity index (χ0v) is 17.0. The second-order valence-electron chi connectivity index (χ2n) is 7.92. The van der Waals surface area contributed by atoms with E-state index < -0.39 is 5.91 Å². The molecule has 1 amide bonds. The molecule has 2 aromatic carbocycles. The highest BCUT2D eigenvalue weighted by molar-refractivity contribution is 6.32. The number of hydrogen-bond donors (Lipinski definition) is 2. The van der Waals surface area contributed by atoms with Crippen molar-refractivity contribution in [1.82, 2.24) is 14.9 Å². The third-order valence-corrected chi connectivity index (χ3v) is 5.83. The molecular weight excluding hydrogens is 372 g/mol. The number of fused-ring (bicyclic) bond motifs is 1. The van der Waals surface area contributed by atoms with Gasteiger partial charge in [0.15, 0.2) is 0 Å². The van der Waals surface area contributed by atoms with Gasteiger partial charge < -0.3 is 10.7 Å². The molecule has 1 aliphatic rings. The SMILES string of the molecule is CC(C)C1CCCN1Cc1ccc(-c2nc3c(C(N)=O)cc(Cl)cc3[nH]2)cc1. The van der Waals surface area contributed by atoms with Crippen LogP contribution < -0.4 is 5.73 Å². The first kappa shape index (κ1) is 19.0. The summed E-state index contributed by atoms with van der Waals surface area (Å²) in [4.78, 5) is 22.1. The molecule has 3 N–H and O–H groups in total. The van der Waals surface area contributed by atoms with Gasteiger partial charge in [0.25, 0.3) is 5.91 Å². The van der Waals surface area contributed by atoms with Gasteiger partial charge in [-0.1, -0.05) is 49.7 Å². The highest BCUT2D eigenvalue weighted by Crippen LogP contribution is 2.28. The van der Waals surface area contributed by atoms with E-state index in [2.05, 4.69) is 53.0 Å². The number of carbonyl (C=O) groups is 1. The van der Waals surface area contributed by atoms with Crippen LogP contribution in [0.1, 0.15) is 42.6 Å². The van der Waals surface area contributed by atoms with Crippen LogP contribution in [0.5, 0.6) is 0 Å². The Kier molecular flexibility index (Phi) is 5.13. The number of benzene rings is 2. The van der Waals surface area contributed by atoms with Crippen LogP contribution in [0.15, 0.2) is 36.4 Å². The largest absolute Gasteiger partial charge is 0.366 e. The maximum atomic E-state index is 11.7. The van der Waals surface area contributed by atoms with Gasteiger partial charge in [0, 0.05) is 23.2 Å². The number of nitrogens with one attached hydrogen (secondary N) is 1. The molecule has 1 aliphatic heterocycles. The van der Waals surface area contributed by atoms with E-state index >= 15 is 0 Å². The summed E-state index contributed by atoms with van der Waals surface area (Å²) in [7, 11) is 0. The highest BCUT2D eigenvalue weighted by atomic mass is 35.5. The van der Waals surface area contributed by atoms with Crippen molar-refractivity contribution in [3.05, 3.63) is 52.5 Å². The lowest BCUT2D eigenvalue weighted by Crippen LogP contribution is -2.32. The predicted octanol–water partition coefficient (Wildman–Crippen LogP) is 4.60. The molecule has 0 bridgehead atoms. The number of nitrogens with two attached hydrogens (primary N) is 1. The number of H-pyrrole nitrogens is 1. The Hall–Kier alpha value is -2.37. The molecule has 5 nitrogen and oxygen atoms in total. The molecule has 1 fully saturated rings. The molecule has 1 saturated heterocycles. The van der Waals surface area contributed by atoms with Crippen molar-refractivity contribution in [2.45, 2.75) is 39.3 Å². The molecule has 1 aromatic heterocycles. The third-order valence-electron chi connectivity index (χ3n) is 5.61. The van der Waals surface area contributed by atoms with Crippen LogP contribution in [0.2, 0.25) is 5.02 Å². The second-order valence-corrected chi connectivity index (χ2v) is 8.36.